The Morgan fingerprint density at radius 1 is 1.00 bits per heavy atom. The summed E-state index contributed by atoms with van der Waals surface area (Å²) in [6.07, 6.45) is 0. The van der Waals surface area contributed by atoms with Gasteiger partial charge in [0.15, 0.2) is 0 Å². The molecule has 0 aliphatic rings. The number of anilines is 1. The number of rotatable bonds is 3. The first-order valence-electron chi connectivity index (χ1n) is 5.04. The van der Waals surface area contributed by atoms with Gasteiger partial charge in [0.05, 0.1) is 0 Å². The summed E-state index contributed by atoms with van der Waals surface area (Å²) in [5.74, 6) is -0.123. The lowest BCUT2D eigenvalue weighted by Crippen LogP contribution is -2.11. The summed E-state index contributed by atoms with van der Waals surface area (Å²) >= 11 is 0. The van der Waals surface area contributed by atoms with Crippen LogP contribution in [0.25, 0.3) is 0 Å². The lowest BCUT2D eigenvalue weighted by atomic mass is 10.2. The van der Waals surface area contributed by atoms with Gasteiger partial charge in [0.25, 0.3) is 5.91 Å². The summed E-state index contributed by atoms with van der Waals surface area (Å²) in [7, 11) is 6.74. The van der Waals surface area contributed by atoms with Crippen LogP contribution in [0.2, 0.25) is 0 Å². The number of halogens is 1. The van der Waals surface area contributed by atoms with E-state index in [1.165, 1.54) is 0 Å². The SMILES string of the molecule is O=C(Nc1ccccc1)c1ccc(SCl)cc1. The van der Waals surface area contributed by atoms with Gasteiger partial charge in [-0.1, -0.05) is 18.2 Å². The van der Waals surface area contributed by atoms with Crippen molar-refractivity contribution in [1.82, 2.24) is 0 Å². The van der Waals surface area contributed by atoms with E-state index in [9.17, 15) is 4.79 Å². The van der Waals surface area contributed by atoms with Gasteiger partial charge < -0.3 is 5.32 Å². The van der Waals surface area contributed by atoms with Crippen molar-refractivity contribution in [3.63, 3.8) is 0 Å². The van der Waals surface area contributed by atoms with E-state index in [1.807, 2.05) is 42.5 Å². The topological polar surface area (TPSA) is 29.1 Å². The Balaban J connectivity index is 2.09. The molecule has 0 atom stereocenters. The van der Waals surface area contributed by atoms with Gasteiger partial charge >= 0.3 is 0 Å². The zero-order valence-corrected chi connectivity index (χ0v) is 10.5. The van der Waals surface area contributed by atoms with Crippen LogP contribution in [0.5, 0.6) is 0 Å². The molecule has 0 aromatic heterocycles. The molecule has 0 fully saturated rings. The second kappa shape index (κ2) is 5.75. The number of hydrogen-bond acceptors (Lipinski definition) is 2. The molecule has 0 aliphatic carbocycles. The number of nitrogens with one attached hydrogen (secondary N) is 1. The van der Waals surface area contributed by atoms with Crippen LogP contribution in [-0.4, -0.2) is 5.91 Å². The van der Waals surface area contributed by atoms with E-state index >= 15 is 0 Å². The Kier molecular flexibility index (Phi) is 4.07. The van der Waals surface area contributed by atoms with Crippen molar-refractivity contribution in [2.75, 3.05) is 5.32 Å². The lowest BCUT2D eigenvalue weighted by molar-refractivity contribution is 0.102. The Hall–Kier alpha value is -1.45. The molecule has 0 spiro atoms. The van der Waals surface area contributed by atoms with E-state index in [4.69, 9.17) is 10.7 Å². The van der Waals surface area contributed by atoms with Gasteiger partial charge in [0.2, 0.25) is 0 Å². The number of para-hydroxylation sites is 1. The summed E-state index contributed by atoms with van der Waals surface area (Å²) in [6.45, 7) is 0. The van der Waals surface area contributed by atoms with Gasteiger partial charge in [-0.25, -0.2) is 0 Å². The molecule has 86 valence electrons. The van der Waals surface area contributed by atoms with Crippen molar-refractivity contribution in [2.24, 2.45) is 0 Å². The van der Waals surface area contributed by atoms with Crippen LogP contribution in [0.15, 0.2) is 59.5 Å². The monoisotopic (exact) mass is 263 g/mol. The van der Waals surface area contributed by atoms with Gasteiger partial charge in [-0.15, -0.1) is 0 Å². The van der Waals surface area contributed by atoms with Crippen molar-refractivity contribution in [1.29, 1.82) is 0 Å². The van der Waals surface area contributed by atoms with E-state index in [1.54, 1.807) is 12.1 Å². The molecule has 2 rings (SSSR count). The first-order valence-corrected chi connectivity index (χ1v) is 6.69. The number of benzene rings is 2. The minimum atomic E-state index is -0.123. The van der Waals surface area contributed by atoms with E-state index < -0.39 is 0 Å². The Bertz CT molecular complexity index is 499. The average molecular weight is 264 g/mol. The summed E-state index contributed by atoms with van der Waals surface area (Å²) in [5.41, 5.74) is 1.40. The Labute approximate surface area is 108 Å². The van der Waals surface area contributed by atoms with Gasteiger partial charge in [0.1, 0.15) is 0 Å². The average Bonchev–Trinajstić information content (AvgIpc) is 2.40. The molecule has 0 radical (unpaired) electrons. The molecule has 2 nitrogen and oxygen atoms in total. The van der Waals surface area contributed by atoms with Crippen molar-refractivity contribution in [2.45, 2.75) is 4.90 Å². The van der Waals surface area contributed by atoms with Crippen LogP contribution in [0.3, 0.4) is 0 Å². The zero-order valence-electron chi connectivity index (χ0n) is 8.89. The fourth-order valence-corrected chi connectivity index (χ4v) is 1.93. The number of carbonyl (C=O) groups excluding carboxylic acids is 1. The quantitative estimate of drug-likeness (QED) is 0.900. The molecule has 0 saturated carbocycles. The standard InChI is InChI=1S/C13H10ClNOS/c14-17-12-8-6-10(7-9-12)13(16)15-11-4-2-1-3-5-11/h1-9H,(H,15,16). The van der Waals surface area contributed by atoms with Crippen LogP contribution < -0.4 is 5.32 Å². The van der Waals surface area contributed by atoms with Gasteiger partial charge in [-0.05, 0) is 58.1 Å². The molecule has 0 heterocycles. The Morgan fingerprint density at radius 3 is 2.24 bits per heavy atom. The molecule has 1 N–H and O–H groups in total. The molecule has 4 heteroatoms. The second-order valence-corrected chi connectivity index (χ2v) is 4.51. The maximum atomic E-state index is 11.9. The normalized spacial score (nSPS) is 9.94. The van der Waals surface area contributed by atoms with Crippen molar-refractivity contribution in [3.8, 4) is 0 Å². The lowest BCUT2D eigenvalue weighted by Gasteiger charge is -2.05. The third kappa shape index (κ3) is 3.25. The fraction of sp³-hybridized carbons (Fsp3) is 0. The molecule has 17 heavy (non-hydrogen) atoms. The highest BCUT2D eigenvalue weighted by Crippen LogP contribution is 2.22. The molecule has 2 aromatic carbocycles. The highest BCUT2D eigenvalue weighted by Gasteiger charge is 2.05. The van der Waals surface area contributed by atoms with Crippen molar-refractivity contribution >= 4 is 33.3 Å². The van der Waals surface area contributed by atoms with E-state index in [-0.39, 0.29) is 5.91 Å². The summed E-state index contributed by atoms with van der Waals surface area (Å²) in [4.78, 5) is 12.8. The second-order valence-electron chi connectivity index (χ2n) is 3.42. The third-order valence-corrected chi connectivity index (χ3v) is 3.22. The van der Waals surface area contributed by atoms with Crippen LogP contribution in [-0.2, 0) is 0 Å². The molecule has 0 saturated heterocycles. The summed E-state index contributed by atoms with van der Waals surface area (Å²) in [6, 6.07) is 16.5. The van der Waals surface area contributed by atoms with Gasteiger partial charge in [-0.3, -0.25) is 4.79 Å². The van der Waals surface area contributed by atoms with Gasteiger partial charge in [-0.2, -0.15) is 0 Å². The summed E-state index contributed by atoms with van der Waals surface area (Å²) in [5, 5.41) is 2.82. The molecular weight excluding hydrogens is 254 g/mol. The number of amides is 1. The smallest absolute Gasteiger partial charge is 0.255 e. The van der Waals surface area contributed by atoms with Gasteiger partial charge in [0, 0.05) is 16.1 Å². The maximum Gasteiger partial charge on any atom is 0.255 e. The third-order valence-electron chi connectivity index (χ3n) is 2.24. The zero-order chi connectivity index (χ0) is 12.1. The van der Waals surface area contributed by atoms with Crippen LogP contribution in [0.4, 0.5) is 5.69 Å². The molecule has 1 amide bonds. The fourth-order valence-electron chi connectivity index (χ4n) is 1.38. The highest BCUT2D eigenvalue weighted by atomic mass is 35.7. The van der Waals surface area contributed by atoms with Crippen LogP contribution >= 0.6 is 21.7 Å². The minimum absolute atomic E-state index is 0.123. The van der Waals surface area contributed by atoms with E-state index in [2.05, 4.69) is 5.32 Å². The number of carbonyl (C=O) groups is 1. The molecule has 0 unspecified atom stereocenters. The predicted octanol–water partition coefficient (Wildman–Crippen LogP) is 4.18. The minimum Gasteiger partial charge on any atom is -0.322 e. The summed E-state index contributed by atoms with van der Waals surface area (Å²) < 4.78 is 0. The maximum absolute atomic E-state index is 11.9. The van der Waals surface area contributed by atoms with Crippen LogP contribution in [0.1, 0.15) is 10.4 Å². The first-order chi connectivity index (χ1) is 8.29. The first kappa shape index (κ1) is 12.0. The van der Waals surface area contributed by atoms with Crippen molar-refractivity contribution in [3.05, 3.63) is 60.2 Å². The molecular formula is C13H10ClNOS. The number of hydrogen-bond donors (Lipinski definition) is 1. The molecule has 0 aliphatic heterocycles. The Morgan fingerprint density at radius 2 is 1.65 bits per heavy atom. The van der Waals surface area contributed by atoms with E-state index in [0.717, 1.165) is 21.6 Å². The highest BCUT2D eigenvalue weighted by molar-refractivity contribution is 8.21. The molecule has 2 aromatic rings. The van der Waals surface area contributed by atoms with Crippen molar-refractivity contribution < 1.29 is 4.79 Å². The largest absolute Gasteiger partial charge is 0.322 e. The van der Waals surface area contributed by atoms with E-state index in [0.29, 0.717) is 5.56 Å². The van der Waals surface area contributed by atoms with Crippen LogP contribution in [0, 0.1) is 0 Å². The predicted molar refractivity (Wildman–Crippen MR) is 72.5 cm³/mol. The molecule has 0 bridgehead atoms.